The summed E-state index contributed by atoms with van der Waals surface area (Å²) >= 11 is 0. The molecule has 0 aromatic carbocycles. The van der Waals surface area contributed by atoms with Crippen LogP contribution in [0.15, 0.2) is 0 Å². The Morgan fingerprint density at radius 2 is 1.06 bits per heavy atom. The zero-order chi connectivity index (χ0) is 12.7. The third-order valence-electron chi connectivity index (χ3n) is 1.77. The molecule has 8 heteroatoms. The van der Waals surface area contributed by atoms with Crippen molar-refractivity contribution in [2.45, 2.75) is 26.7 Å². The predicted molar refractivity (Wildman–Crippen MR) is 60.1 cm³/mol. The molecule has 0 rings (SSSR count). The number of hydrogen-bond donors (Lipinski definition) is 0. The normalized spacial score (nSPS) is 12.9. The molecule has 98 valence electrons. The van der Waals surface area contributed by atoms with Gasteiger partial charge < -0.3 is 0 Å². The van der Waals surface area contributed by atoms with Gasteiger partial charge in [0.2, 0.25) is 0 Å². The van der Waals surface area contributed by atoms with E-state index in [9.17, 15) is 16.8 Å². The van der Waals surface area contributed by atoms with E-state index in [2.05, 4.69) is 8.37 Å². The van der Waals surface area contributed by atoms with Gasteiger partial charge in [-0.2, -0.15) is 16.8 Å². The van der Waals surface area contributed by atoms with Crippen molar-refractivity contribution in [3.63, 3.8) is 0 Å². The molecule has 0 N–H and O–H groups in total. The van der Waals surface area contributed by atoms with Gasteiger partial charge in [-0.3, -0.25) is 8.37 Å². The zero-order valence-electron chi connectivity index (χ0n) is 9.51. The summed E-state index contributed by atoms with van der Waals surface area (Å²) in [5.74, 6) is -0.124. The van der Waals surface area contributed by atoms with Crippen molar-refractivity contribution < 1.29 is 25.2 Å². The van der Waals surface area contributed by atoms with Gasteiger partial charge >= 0.3 is 0 Å². The molecular weight excluding hydrogens is 256 g/mol. The van der Waals surface area contributed by atoms with E-state index in [1.165, 1.54) is 13.8 Å². The highest BCUT2D eigenvalue weighted by atomic mass is 32.2. The lowest BCUT2D eigenvalue weighted by Crippen LogP contribution is -2.11. The SMILES string of the molecule is CCS(=O)(=O)OCCCCOS(=O)(=O)CC. The molecule has 0 aromatic heterocycles. The Balaban J connectivity index is 3.57. The monoisotopic (exact) mass is 274 g/mol. The van der Waals surface area contributed by atoms with Crippen molar-refractivity contribution in [2.75, 3.05) is 24.7 Å². The van der Waals surface area contributed by atoms with Crippen molar-refractivity contribution in [1.82, 2.24) is 0 Å². The first-order valence-corrected chi connectivity index (χ1v) is 8.22. The first-order valence-electron chi connectivity index (χ1n) is 5.07. The molecule has 0 fully saturated rings. The molecule has 0 saturated heterocycles. The van der Waals surface area contributed by atoms with Crippen molar-refractivity contribution in [2.24, 2.45) is 0 Å². The van der Waals surface area contributed by atoms with Crippen molar-refractivity contribution in [3.8, 4) is 0 Å². The Labute approximate surface area is 97.2 Å². The lowest BCUT2D eigenvalue weighted by Gasteiger charge is -2.04. The van der Waals surface area contributed by atoms with Gasteiger partial charge in [-0.15, -0.1) is 0 Å². The van der Waals surface area contributed by atoms with Crippen LogP contribution < -0.4 is 0 Å². The molecule has 0 aliphatic heterocycles. The maximum Gasteiger partial charge on any atom is 0.267 e. The van der Waals surface area contributed by atoms with Crippen LogP contribution in [0.1, 0.15) is 26.7 Å². The van der Waals surface area contributed by atoms with Crippen molar-refractivity contribution in [1.29, 1.82) is 0 Å². The summed E-state index contributed by atoms with van der Waals surface area (Å²) in [7, 11) is -6.80. The van der Waals surface area contributed by atoms with E-state index in [0.717, 1.165) is 0 Å². The molecule has 0 aliphatic rings. The Morgan fingerprint density at radius 1 is 0.750 bits per heavy atom. The molecule has 0 spiro atoms. The summed E-state index contributed by atoms with van der Waals surface area (Å²) in [4.78, 5) is 0. The molecule has 0 atom stereocenters. The number of hydrogen-bond acceptors (Lipinski definition) is 6. The quantitative estimate of drug-likeness (QED) is 0.449. The van der Waals surface area contributed by atoms with E-state index in [0.29, 0.717) is 12.8 Å². The standard InChI is InChI=1S/C8H18O6S2/c1-3-15(9,10)13-7-5-6-8-14-16(11,12)4-2/h3-8H2,1-2H3. The van der Waals surface area contributed by atoms with Crippen LogP contribution in [0.5, 0.6) is 0 Å². The minimum absolute atomic E-state index is 0.0612. The second-order valence-corrected chi connectivity index (χ2v) is 6.90. The van der Waals surface area contributed by atoms with Gasteiger partial charge in [0.15, 0.2) is 0 Å². The minimum atomic E-state index is -3.40. The maximum atomic E-state index is 10.9. The van der Waals surface area contributed by atoms with Crippen LogP contribution in [0, 0.1) is 0 Å². The van der Waals surface area contributed by atoms with Crippen molar-refractivity contribution >= 4 is 20.2 Å². The van der Waals surface area contributed by atoms with Gasteiger partial charge in [-0.1, -0.05) is 0 Å². The van der Waals surface area contributed by atoms with Gasteiger partial charge in [-0.05, 0) is 26.7 Å². The number of rotatable bonds is 9. The predicted octanol–water partition coefficient (Wildman–Crippen LogP) is 0.499. The molecule has 6 nitrogen and oxygen atoms in total. The fraction of sp³-hybridized carbons (Fsp3) is 1.00. The third-order valence-corrected chi connectivity index (χ3v) is 4.24. The fourth-order valence-electron chi connectivity index (χ4n) is 0.743. The van der Waals surface area contributed by atoms with Gasteiger partial charge in [0.25, 0.3) is 20.2 Å². The second-order valence-electron chi connectivity index (χ2n) is 3.04. The summed E-state index contributed by atoms with van der Waals surface area (Å²) in [5, 5.41) is 0. The molecule has 0 bridgehead atoms. The Bertz CT molecular complexity index is 331. The molecule has 0 unspecified atom stereocenters. The van der Waals surface area contributed by atoms with Crippen LogP contribution in [0.4, 0.5) is 0 Å². The lowest BCUT2D eigenvalue weighted by atomic mass is 10.3. The second kappa shape index (κ2) is 7.21. The van der Waals surface area contributed by atoms with E-state index in [1.54, 1.807) is 0 Å². The summed E-state index contributed by atoms with van der Waals surface area (Å²) in [5.41, 5.74) is 0. The molecule has 0 heterocycles. The smallest absolute Gasteiger partial charge is 0.267 e. The van der Waals surface area contributed by atoms with Crippen LogP contribution in [-0.2, 0) is 28.6 Å². The molecule has 0 aromatic rings. The van der Waals surface area contributed by atoms with E-state index in [1.807, 2.05) is 0 Å². The topological polar surface area (TPSA) is 86.7 Å². The highest BCUT2D eigenvalue weighted by molar-refractivity contribution is 7.86. The van der Waals surface area contributed by atoms with Crippen LogP contribution in [0.25, 0.3) is 0 Å². The lowest BCUT2D eigenvalue weighted by molar-refractivity contribution is 0.271. The van der Waals surface area contributed by atoms with Crippen molar-refractivity contribution in [3.05, 3.63) is 0 Å². The molecular formula is C8H18O6S2. The molecule has 0 amide bonds. The molecule has 16 heavy (non-hydrogen) atoms. The molecule has 0 aliphatic carbocycles. The van der Waals surface area contributed by atoms with Gasteiger partial charge in [0.1, 0.15) is 0 Å². The zero-order valence-corrected chi connectivity index (χ0v) is 11.1. The van der Waals surface area contributed by atoms with E-state index < -0.39 is 20.2 Å². The summed E-state index contributed by atoms with van der Waals surface area (Å²) in [6.07, 6.45) is 0.886. The van der Waals surface area contributed by atoms with E-state index >= 15 is 0 Å². The van der Waals surface area contributed by atoms with Gasteiger partial charge in [0.05, 0.1) is 24.7 Å². The van der Waals surface area contributed by atoms with Crippen LogP contribution >= 0.6 is 0 Å². The maximum absolute atomic E-state index is 10.9. The summed E-state index contributed by atoms with van der Waals surface area (Å²) < 4.78 is 52.8. The fourth-order valence-corrected chi connectivity index (χ4v) is 1.82. The first-order chi connectivity index (χ1) is 7.33. The Hall–Kier alpha value is -0.180. The Morgan fingerprint density at radius 3 is 1.31 bits per heavy atom. The van der Waals surface area contributed by atoms with Crippen LogP contribution in [-0.4, -0.2) is 41.6 Å². The van der Waals surface area contributed by atoms with Gasteiger partial charge in [0, 0.05) is 0 Å². The van der Waals surface area contributed by atoms with E-state index in [-0.39, 0.29) is 24.7 Å². The van der Waals surface area contributed by atoms with Crippen LogP contribution in [0.3, 0.4) is 0 Å². The highest BCUT2D eigenvalue weighted by Gasteiger charge is 2.08. The highest BCUT2D eigenvalue weighted by Crippen LogP contribution is 2.00. The van der Waals surface area contributed by atoms with Crippen LogP contribution in [0.2, 0.25) is 0 Å². The average molecular weight is 274 g/mol. The number of unbranched alkanes of at least 4 members (excludes halogenated alkanes) is 1. The van der Waals surface area contributed by atoms with E-state index in [4.69, 9.17) is 0 Å². The van der Waals surface area contributed by atoms with Gasteiger partial charge in [-0.25, -0.2) is 0 Å². The molecule has 0 radical (unpaired) electrons. The average Bonchev–Trinajstić information content (AvgIpc) is 2.23. The minimum Gasteiger partial charge on any atom is -0.270 e. The first kappa shape index (κ1) is 15.8. The largest absolute Gasteiger partial charge is 0.270 e. The third kappa shape index (κ3) is 8.03. The summed E-state index contributed by atoms with van der Waals surface area (Å²) in [6, 6.07) is 0. The molecule has 0 saturated carbocycles. The summed E-state index contributed by atoms with van der Waals surface area (Å²) in [6.45, 7) is 3.11. The Kier molecular flexibility index (Phi) is 7.12.